The monoisotopic (exact) mass is 606 g/mol. The van der Waals surface area contributed by atoms with Crippen molar-refractivity contribution in [1.82, 2.24) is 20.5 Å². The average molecular weight is 607 g/mol. The molecule has 9 heteroatoms. The number of nitrogens with one attached hydrogen (secondary N) is 2. The zero-order valence-corrected chi connectivity index (χ0v) is 26.1. The Kier molecular flexibility index (Phi) is 11.2. The van der Waals surface area contributed by atoms with Crippen LogP contribution in [-0.2, 0) is 18.4 Å². The molecule has 1 heterocycles. The van der Waals surface area contributed by atoms with Gasteiger partial charge in [0, 0.05) is 42.5 Å². The largest absolute Gasteiger partial charge is 0.390 e. The van der Waals surface area contributed by atoms with Gasteiger partial charge in [0.05, 0.1) is 12.1 Å². The second-order valence-corrected chi connectivity index (χ2v) is 11.8. The first-order valence-corrected chi connectivity index (χ1v) is 15.6. The Bertz CT molecular complexity index is 1430. The van der Waals surface area contributed by atoms with E-state index in [-0.39, 0.29) is 35.7 Å². The third-order valence-corrected chi connectivity index (χ3v) is 8.16. The van der Waals surface area contributed by atoms with Crippen molar-refractivity contribution >= 4 is 11.8 Å². The number of aliphatic hydroxyl groups is 1. The maximum absolute atomic E-state index is 14.1. The molecule has 0 unspecified atom stereocenters. The molecule has 7 nitrogen and oxygen atoms in total. The molecule has 2 atom stereocenters. The maximum Gasteiger partial charge on any atom is 0.272 e. The number of carbonyl (C=O) groups excluding carboxylic acids is 2. The molecule has 44 heavy (non-hydrogen) atoms. The molecule has 236 valence electrons. The van der Waals surface area contributed by atoms with Gasteiger partial charge in [-0.3, -0.25) is 9.59 Å². The van der Waals surface area contributed by atoms with Crippen LogP contribution in [0.2, 0.25) is 0 Å². The number of nitrogens with zero attached hydrogens (tertiary/aromatic N) is 2. The molecule has 0 radical (unpaired) electrons. The minimum Gasteiger partial charge on any atom is -0.390 e. The maximum atomic E-state index is 14.1. The number of aromatic nitrogens is 1. The summed E-state index contributed by atoms with van der Waals surface area (Å²) in [6, 6.07) is 13.7. The predicted octanol–water partition coefficient (Wildman–Crippen LogP) is 5.47. The van der Waals surface area contributed by atoms with Crippen molar-refractivity contribution < 1.29 is 23.5 Å². The third kappa shape index (κ3) is 8.48. The second kappa shape index (κ2) is 14.9. The Hall–Kier alpha value is -3.69. The minimum atomic E-state index is -1.08. The van der Waals surface area contributed by atoms with E-state index in [1.54, 1.807) is 17.9 Å². The van der Waals surface area contributed by atoms with Gasteiger partial charge in [-0.05, 0) is 86.4 Å². The molecule has 3 aromatic rings. The molecule has 2 aromatic carbocycles. The van der Waals surface area contributed by atoms with Crippen molar-refractivity contribution in [3.63, 3.8) is 0 Å². The number of halogens is 2. The molecule has 2 amide bonds. The van der Waals surface area contributed by atoms with E-state index in [0.717, 1.165) is 43.7 Å². The Balaban J connectivity index is 1.55. The summed E-state index contributed by atoms with van der Waals surface area (Å²) < 4.78 is 28.1. The van der Waals surface area contributed by atoms with Crippen LogP contribution < -0.4 is 10.6 Å². The van der Waals surface area contributed by atoms with E-state index in [1.807, 2.05) is 19.9 Å². The molecular formula is C35H44F2N4O3. The fraction of sp³-hybridized carbons (Fsp3) is 0.457. The summed E-state index contributed by atoms with van der Waals surface area (Å²) in [5.74, 6) is -2.23. The van der Waals surface area contributed by atoms with Crippen LogP contribution in [-0.4, -0.2) is 58.6 Å². The van der Waals surface area contributed by atoms with E-state index < -0.39 is 29.7 Å². The predicted molar refractivity (Wildman–Crippen MR) is 168 cm³/mol. The van der Waals surface area contributed by atoms with Crippen LogP contribution in [0.5, 0.6) is 0 Å². The van der Waals surface area contributed by atoms with E-state index in [2.05, 4.69) is 40.7 Å². The van der Waals surface area contributed by atoms with Gasteiger partial charge in [0.1, 0.15) is 17.3 Å². The summed E-state index contributed by atoms with van der Waals surface area (Å²) in [4.78, 5) is 33.0. The van der Waals surface area contributed by atoms with Gasteiger partial charge in [-0.1, -0.05) is 45.0 Å². The van der Waals surface area contributed by atoms with Crippen LogP contribution in [0.1, 0.15) is 89.7 Å². The second-order valence-electron chi connectivity index (χ2n) is 11.8. The summed E-state index contributed by atoms with van der Waals surface area (Å²) in [6.45, 7) is 9.13. The number of hydrogen-bond donors (Lipinski definition) is 3. The highest BCUT2D eigenvalue weighted by Gasteiger charge is 2.44. The molecule has 1 aliphatic carbocycles. The van der Waals surface area contributed by atoms with Crippen molar-refractivity contribution in [2.24, 2.45) is 0 Å². The summed E-state index contributed by atoms with van der Waals surface area (Å²) in [5.41, 5.74) is 3.33. The van der Waals surface area contributed by atoms with Crippen LogP contribution in [0, 0.1) is 18.6 Å². The lowest BCUT2D eigenvalue weighted by molar-refractivity contribution is 0.0749. The number of carbonyl (C=O) groups is 2. The van der Waals surface area contributed by atoms with Gasteiger partial charge in [-0.15, -0.1) is 0 Å². The van der Waals surface area contributed by atoms with Crippen LogP contribution in [0.3, 0.4) is 0 Å². The highest BCUT2D eigenvalue weighted by molar-refractivity contribution is 5.98. The molecule has 3 N–H and O–H groups in total. The van der Waals surface area contributed by atoms with E-state index >= 15 is 0 Å². The van der Waals surface area contributed by atoms with E-state index in [0.29, 0.717) is 24.3 Å². The number of amides is 2. The van der Waals surface area contributed by atoms with Crippen LogP contribution in [0.4, 0.5) is 8.78 Å². The average Bonchev–Trinajstić information content (AvgIpc) is 3.79. The van der Waals surface area contributed by atoms with Gasteiger partial charge in [-0.2, -0.15) is 0 Å². The topological polar surface area (TPSA) is 94.6 Å². The van der Waals surface area contributed by atoms with Gasteiger partial charge in [0.2, 0.25) is 0 Å². The van der Waals surface area contributed by atoms with Gasteiger partial charge in [0.15, 0.2) is 0 Å². The van der Waals surface area contributed by atoms with E-state index in [1.165, 1.54) is 23.8 Å². The molecule has 1 aromatic heterocycles. The Morgan fingerprint density at radius 3 is 2.27 bits per heavy atom. The molecule has 4 rings (SSSR count). The first-order chi connectivity index (χ1) is 21.1. The number of aryl methyl sites for hydroxylation is 2. The first-order valence-electron chi connectivity index (χ1n) is 15.6. The number of benzene rings is 2. The number of aliphatic hydroxyl groups excluding tert-OH is 1. The highest BCUT2D eigenvalue weighted by atomic mass is 19.1. The zero-order chi connectivity index (χ0) is 31.9. The lowest BCUT2D eigenvalue weighted by atomic mass is 9.98. The highest BCUT2D eigenvalue weighted by Crippen LogP contribution is 2.45. The number of rotatable bonds is 15. The van der Waals surface area contributed by atoms with Crippen molar-refractivity contribution in [2.75, 3.05) is 19.6 Å². The molecule has 1 fully saturated rings. The Morgan fingerprint density at radius 1 is 0.977 bits per heavy atom. The van der Waals surface area contributed by atoms with Crippen LogP contribution in [0.25, 0.3) is 0 Å². The molecule has 0 saturated heterocycles. The first kappa shape index (κ1) is 33.2. The lowest BCUT2D eigenvalue weighted by Crippen LogP contribution is -2.50. The zero-order valence-electron chi connectivity index (χ0n) is 26.1. The van der Waals surface area contributed by atoms with Crippen molar-refractivity contribution in [2.45, 2.75) is 83.9 Å². The van der Waals surface area contributed by atoms with Gasteiger partial charge >= 0.3 is 0 Å². The summed E-state index contributed by atoms with van der Waals surface area (Å²) in [6.07, 6.45) is 3.26. The lowest BCUT2D eigenvalue weighted by Gasteiger charge is -2.28. The van der Waals surface area contributed by atoms with Gasteiger partial charge in [0.25, 0.3) is 11.8 Å². The minimum absolute atomic E-state index is 0.00177. The Morgan fingerprint density at radius 2 is 1.66 bits per heavy atom. The number of pyridine rings is 1. The third-order valence-electron chi connectivity index (χ3n) is 8.16. The molecule has 1 saturated carbocycles. The molecule has 0 spiro atoms. The summed E-state index contributed by atoms with van der Waals surface area (Å²) in [7, 11) is 0. The number of hydrogen-bond acceptors (Lipinski definition) is 5. The quantitative estimate of drug-likeness (QED) is 0.213. The van der Waals surface area contributed by atoms with Crippen molar-refractivity contribution in [3.05, 3.63) is 99.9 Å². The van der Waals surface area contributed by atoms with Gasteiger partial charge in [-0.25, -0.2) is 13.8 Å². The Labute approximate surface area is 259 Å². The van der Waals surface area contributed by atoms with Crippen molar-refractivity contribution in [1.29, 1.82) is 0 Å². The normalized spacial score (nSPS) is 15.0. The fourth-order valence-corrected chi connectivity index (χ4v) is 5.67. The van der Waals surface area contributed by atoms with Crippen LogP contribution in [0.15, 0.2) is 54.6 Å². The SMILES string of the molecule is CCCN(CCC)C(=O)c1cc(C(=O)N[C@@H](Cc2cc(F)cc(F)c2)[C@H](O)CNC2(c3cccc(CC)c3)CC2)cc(C)n1. The standard InChI is InChI=1S/C35H44F2N4O3/c1-5-13-41(14-6-2)34(44)31-20-26(15-23(4)39-31)33(43)40-30(19-25-17-28(36)21-29(37)18-25)32(42)22-38-35(11-12-35)27-10-8-9-24(7-3)16-27/h8-10,15-18,20-21,30,32,38,42H,5-7,11-14,19,22H2,1-4H3,(H,40,43)/t30-,32+/m0/s1. The molecule has 0 bridgehead atoms. The van der Waals surface area contributed by atoms with Crippen LogP contribution >= 0.6 is 0 Å². The van der Waals surface area contributed by atoms with E-state index in [4.69, 9.17) is 0 Å². The smallest absolute Gasteiger partial charge is 0.272 e. The summed E-state index contributed by atoms with van der Waals surface area (Å²) >= 11 is 0. The fourth-order valence-electron chi connectivity index (χ4n) is 5.67. The molecule has 1 aliphatic rings. The molecular weight excluding hydrogens is 562 g/mol. The van der Waals surface area contributed by atoms with Gasteiger partial charge < -0.3 is 20.6 Å². The summed E-state index contributed by atoms with van der Waals surface area (Å²) in [5, 5.41) is 17.8. The van der Waals surface area contributed by atoms with E-state index in [9.17, 15) is 23.5 Å². The van der Waals surface area contributed by atoms with Crippen molar-refractivity contribution in [3.8, 4) is 0 Å². The molecule has 0 aliphatic heterocycles.